The average molecular weight is 327 g/mol. The molecule has 7 nitrogen and oxygen atoms in total. The lowest BCUT2D eigenvalue weighted by Gasteiger charge is -2.10. The third-order valence-corrected chi connectivity index (χ3v) is 4.18. The second-order valence-corrected chi connectivity index (χ2v) is 5.67. The number of azide groups is 1. The molecule has 24 heavy (non-hydrogen) atoms. The first kappa shape index (κ1) is 16.1. The van der Waals surface area contributed by atoms with Gasteiger partial charge in [0.15, 0.2) is 0 Å². The lowest BCUT2D eigenvalue weighted by atomic mass is 10.0. The maximum atomic E-state index is 12.3. The highest BCUT2D eigenvalue weighted by molar-refractivity contribution is 5.99. The van der Waals surface area contributed by atoms with Gasteiger partial charge in [-0.15, -0.1) is 0 Å². The first-order valence-electron chi connectivity index (χ1n) is 7.57. The van der Waals surface area contributed by atoms with Crippen molar-refractivity contribution in [3.05, 3.63) is 55.4 Å². The molecule has 0 aliphatic carbocycles. The number of benzene rings is 1. The van der Waals surface area contributed by atoms with Gasteiger partial charge >= 0.3 is 5.63 Å². The van der Waals surface area contributed by atoms with Crippen LogP contribution in [0.3, 0.4) is 0 Å². The summed E-state index contributed by atoms with van der Waals surface area (Å²) in [6.45, 7) is 6.33. The molecule has 0 saturated heterocycles. The summed E-state index contributed by atoms with van der Waals surface area (Å²) in [5.74, 6) is 0. The standard InChI is InChI=1S/C17H17N3O4/c1-9-7-23-15-11(3)16-13(6-12(9)15)10(2)14(17(21)24-16)8-22-5-4-19-20-18/h6-7H,4-5,8H2,1-3H3. The van der Waals surface area contributed by atoms with E-state index in [0.717, 1.165) is 33.0 Å². The van der Waals surface area contributed by atoms with E-state index in [1.165, 1.54) is 0 Å². The topological polar surface area (TPSA) is 101 Å². The van der Waals surface area contributed by atoms with Crippen LogP contribution in [0.4, 0.5) is 0 Å². The van der Waals surface area contributed by atoms with Crippen molar-refractivity contribution in [2.45, 2.75) is 27.4 Å². The van der Waals surface area contributed by atoms with Crippen molar-refractivity contribution in [3.8, 4) is 0 Å². The van der Waals surface area contributed by atoms with Crippen molar-refractivity contribution in [2.24, 2.45) is 5.11 Å². The molecule has 0 unspecified atom stereocenters. The summed E-state index contributed by atoms with van der Waals surface area (Å²) in [4.78, 5) is 15.0. The maximum Gasteiger partial charge on any atom is 0.342 e. The Labute approximate surface area is 137 Å². The fourth-order valence-electron chi connectivity index (χ4n) is 2.81. The lowest BCUT2D eigenvalue weighted by Crippen LogP contribution is -2.13. The number of hydrogen-bond donors (Lipinski definition) is 0. The Morgan fingerprint density at radius 3 is 2.75 bits per heavy atom. The van der Waals surface area contributed by atoms with Crippen molar-refractivity contribution in [1.29, 1.82) is 0 Å². The zero-order chi connectivity index (χ0) is 17.3. The smallest absolute Gasteiger partial charge is 0.342 e. The number of fused-ring (bicyclic) bond motifs is 2. The van der Waals surface area contributed by atoms with Crippen molar-refractivity contribution in [3.63, 3.8) is 0 Å². The van der Waals surface area contributed by atoms with Gasteiger partial charge in [-0.05, 0) is 43.5 Å². The molecule has 1 aromatic carbocycles. The molecule has 0 aliphatic heterocycles. The zero-order valence-electron chi connectivity index (χ0n) is 13.8. The SMILES string of the molecule is Cc1coc2c(C)c3oc(=O)c(COCCN=[N+]=[N-])c(C)c3cc12. The van der Waals surface area contributed by atoms with Crippen LogP contribution in [0.15, 0.2) is 31.1 Å². The van der Waals surface area contributed by atoms with E-state index in [0.29, 0.717) is 11.1 Å². The second-order valence-electron chi connectivity index (χ2n) is 5.67. The Morgan fingerprint density at radius 2 is 2.00 bits per heavy atom. The molecule has 0 radical (unpaired) electrons. The summed E-state index contributed by atoms with van der Waals surface area (Å²) in [5, 5.41) is 5.27. The summed E-state index contributed by atoms with van der Waals surface area (Å²) in [5.41, 5.74) is 12.2. The van der Waals surface area contributed by atoms with E-state index in [-0.39, 0.29) is 19.8 Å². The van der Waals surface area contributed by atoms with E-state index in [1.807, 2.05) is 26.8 Å². The zero-order valence-corrected chi connectivity index (χ0v) is 13.8. The van der Waals surface area contributed by atoms with Crippen molar-refractivity contribution in [1.82, 2.24) is 0 Å². The molecule has 2 aromatic heterocycles. The number of rotatable bonds is 5. The van der Waals surface area contributed by atoms with Crippen molar-refractivity contribution < 1.29 is 13.6 Å². The van der Waals surface area contributed by atoms with Crippen molar-refractivity contribution in [2.75, 3.05) is 13.2 Å². The summed E-state index contributed by atoms with van der Waals surface area (Å²) in [6, 6.07) is 1.98. The number of aryl methyl sites for hydroxylation is 3. The monoisotopic (exact) mass is 327 g/mol. The van der Waals surface area contributed by atoms with E-state index in [1.54, 1.807) is 6.26 Å². The van der Waals surface area contributed by atoms with Crippen LogP contribution in [0, 0.1) is 20.8 Å². The molecule has 0 saturated carbocycles. The van der Waals surface area contributed by atoms with E-state index in [2.05, 4.69) is 10.0 Å². The summed E-state index contributed by atoms with van der Waals surface area (Å²) in [6.07, 6.45) is 1.70. The van der Waals surface area contributed by atoms with Crippen LogP contribution in [0.2, 0.25) is 0 Å². The first-order valence-corrected chi connectivity index (χ1v) is 7.57. The molecule has 0 aliphatic rings. The van der Waals surface area contributed by atoms with Gasteiger partial charge in [-0.25, -0.2) is 4.79 Å². The van der Waals surface area contributed by atoms with Gasteiger partial charge in [0.05, 0.1) is 25.0 Å². The molecule has 0 N–H and O–H groups in total. The molecule has 0 amide bonds. The minimum absolute atomic E-state index is 0.118. The highest BCUT2D eigenvalue weighted by Crippen LogP contribution is 2.32. The normalized spacial score (nSPS) is 11.1. The molecule has 3 aromatic rings. The Balaban J connectivity index is 2.08. The average Bonchev–Trinajstić information content (AvgIpc) is 2.93. The third kappa shape index (κ3) is 2.64. The summed E-state index contributed by atoms with van der Waals surface area (Å²) >= 11 is 0. The molecule has 3 rings (SSSR count). The highest BCUT2D eigenvalue weighted by atomic mass is 16.5. The van der Waals surface area contributed by atoms with E-state index >= 15 is 0 Å². The molecule has 0 atom stereocenters. The van der Waals surface area contributed by atoms with E-state index in [9.17, 15) is 4.79 Å². The van der Waals surface area contributed by atoms with Crippen LogP contribution in [0.1, 0.15) is 22.3 Å². The molecule has 0 fully saturated rings. The fourth-order valence-corrected chi connectivity index (χ4v) is 2.81. The largest absolute Gasteiger partial charge is 0.464 e. The van der Waals surface area contributed by atoms with Gasteiger partial charge in [0, 0.05) is 27.8 Å². The van der Waals surface area contributed by atoms with E-state index < -0.39 is 5.63 Å². The molecule has 2 heterocycles. The van der Waals surface area contributed by atoms with Gasteiger partial charge in [0.2, 0.25) is 0 Å². The molecule has 0 spiro atoms. The predicted octanol–water partition coefficient (Wildman–Crippen LogP) is 4.29. The predicted molar refractivity (Wildman–Crippen MR) is 90.1 cm³/mol. The number of nitrogens with zero attached hydrogens (tertiary/aromatic N) is 3. The minimum Gasteiger partial charge on any atom is -0.464 e. The van der Waals surface area contributed by atoms with Crippen LogP contribution in [0.25, 0.3) is 32.4 Å². The first-order chi connectivity index (χ1) is 11.5. The summed E-state index contributed by atoms with van der Waals surface area (Å²) < 4.78 is 16.5. The number of ether oxygens (including phenoxy) is 1. The van der Waals surface area contributed by atoms with Gasteiger partial charge < -0.3 is 13.6 Å². The quantitative estimate of drug-likeness (QED) is 0.229. The second kappa shape index (κ2) is 6.39. The van der Waals surface area contributed by atoms with Gasteiger partial charge in [-0.2, -0.15) is 0 Å². The van der Waals surface area contributed by atoms with Gasteiger partial charge in [-0.1, -0.05) is 5.11 Å². The van der Waals surface area contributed by atoms with Gasteiger partial charge in [0.1, 0.15) is 11.2 Å². The number of hydrogen-bond acceptors (Lipinski definition) is 5. The molecule has 124 valence electrons. The number of furan rings is 1. The molecule has 7 heteroatoms. The van der Waals surface area contributed by atoms with Crippen LogP contribution in [-0.4, -0.2) is 13.2 Å². The fraction of sp³-hybridized carbons (Fsp3) is 0.353. The van der Waals surface area contributed by atoms with E-state index in [4.69, 9.17) is 19.1 Å². The highest BCUT2D eigenvalue weighted by Gasteiger charge is 2.17. The molecule has 0 bridgehead atoms. The van der Waals surface area contributed by atoms with Crippen LogP contribution in [-0.2, 0) is 11.3 Å². The molecular weight excluding hydrogens is 310 g/mol. The van der Waals surface area contributed by atoms with Crippen LogP contribution >= 0.6 is 0 Å². The summed E-state index contributed by atoms with van der Waals surface area (Å²) in [7, 11) is 0. The Kier molecular flexibility index (Phi) is 4.29. The van der Waals surface area contributed by atoms with Gasteiger partial charge in [-0.3, -0.25) is 0 Å². The Morgan fingerprint density at radius 1 is 1.21 bits per heavy atom. The maximum absolute atomic E-state index is 12.3. The lowest BCUT2D eigenvalue weighted by molar-refractivity contribution is 0.125. The Bertz CT molecular complexity index is 1030. The minimum atomic E-state index is -0.422. The van der Waals surface area contributed by atoms with Crippen LogP contribution in [0.5, 0.6) is 0 Å². The van der Waals surface area contributed by atoms with Crippen LogP contribution < -0.4 is 5.63 Å². The Hall–Kier alpha value is -2.76. The van der Waals surface area contributed by atoms with Crippen molar-refractivity contribution >= 4 is 21.9 Å². The van der Waals surface area contributed by atoms with Gasteiger partial charge in [0.25, 0.3) is 0 Å². The molecular formula is C17H17N3O4. The third-order valence-electron chi connectivity index (χ3n) is 4.18.